The molecule has 3 aromatic rings. The minimum atomic E-state index is -0.419. The van der Waals surface area contributed by atoms with Gasteiger partial charge in [-0.05, 0) is 79.2 Å². The first-order valence-corrected chi connectivity index (χ1v) is 13.4. The second-order valence-corrected chi connectivity index (χ2v) is 10.3. The Labute approximate surface area is 236 Å². The lowest BCUT2D eigenvalue weighted by atomic mass is 10.0. The third-order valence-electron chi connectivity index (χ3n) is 5.46. The third-order valence-corrected chi connectivity index (χ3v) is 7.01. The van der Waals surface area contributed by atoms with Gasteiger partial charge in [0.05, 0.1) is 11.5 Å². The molecule has 0 aliphatic carbocycles. The second kappa shape index (κ2) is 12.8. The van der Waals surface area contributed by atoms with E-state index in [0.717, 1.165) is 33.5 Å². The number of thiocarbonyl (C=S) groups is 1. The predicted molar refractivity (Wildman–Crippen MR) is 156 cm³/mol. The predicted octanol–water partition coefficient (Wildman–Crippen LogP) is 6.59. The lowest BCUT2D eigenvalue weighted by molar-refractivity contribution is -0.123. The van der Waals surface area contributed by atoms with Gasteiger partial charge in [0.1, 0.15) is 6.61 Å². The topological polar surface area (TPSA) is 67.9 Å². The van der Waals surface area contributed by atoms with Gasteiger partial charge in [-0.1, -0.05) is 59.8 Å². The van der Waals surface area contributed by atoms with Crippen LogP contribution in [0.2, 0.25) is 5.02 Å². The number of nitrogens with one attached hydrogen (secondary N) is 1. The van der Waals surface area contributed by atoms with E-state index in [4.69, 9.17) is 33.3 Å². The van der Waals surface area contributed by atoms with E-state index in [-0.39, 0.29) is 4.32 Å². The fraction of sp³-hybridized carbons (Fsp3) is 0.138. The van der Waals surface area contributed by atoms with Crippen LogP contribution in [-0.2, 0) is 17.8 Å². The molecule has 2 amide bonds. The van der Waals surface area contributed by atoms with E-state index >= 15 is 0 Å². The smallest absolute Gasteiger partial charge is 0.285 e. The Bertz CT molecular complexity index is 1390. The van der Waals surface area contributed by atoms with Crippen LogP contribution in [-0.4, -0.2) is 27.8 Å². The van der Waals surface area contributed by atoms with Gasteiger partial charge in [0.2, 0.25) is 0 Å². The summed E-state index contributed by atoms with van der Waals surface area (Å²) in [6, 6.07) is 19.8. The molecule has 0 bridgehead atoms. The molecule has 1 fully saturated rings. The van der Waals surface area contributed by atoms with Crippen molar-refractivity contribution < 1.29 is 19.1 Å². The van der Waals surface area contributed by atoms with Crippen LogP contribution in [0.5, 0.6) is 11.5 Å². The Hall–Kier alpha value is -3.59. The van der Waals surface area contributed by atoms with Crippen molar-refractivity contribution in [2.45, 2.75) is 20.0 Å². The van der Waals surface area contributed by atoms with Crippen LogP contribution in [0.3, 0.4) is 0 Å². The Kier molecular flexibility index (Phi) is 9.23. The van der Waals surface area contributed by atoms with Gasteiger partial charge >= 0.3 is 0 Å². The lowest BCUT2D eigenvalue weighted by Gasteiger charge is -2.17. The molecule has 38 heavy (non-hydrogen) atoms. The van der Waals surface area contributed by atoms with Gasteiger partial charge < -0.3 is 9.47 Å². The van der Waals surface area contributed by atoms with Crippen LogP contribution < -0.4 is 14.9 Å². The molecule has 0 unspecified atom stereocenters. The number of carbonyl (C=O) groups is 2. The molecule has 0 aromatic heterocycles. The highest BCUT2D eigenvalue weighted by molar-refractivity contribution is 8.26. The minimum Gasteiger partial charge on any atom is -0.490 e. The van der Waals surface area contributed by atoms with Gasteiger partial charge in [0, 0.05) is 16.1 Å². The van der Waals surface area contributed by atoms with Crippen molar-refractivity contribution in [1.29, 1.82) is 0 Å². The number of hydrogen-bond acceptors (Lipinski definition) is 6. The van der Waals surface area contributed by atoms with E-state index in [2.05, 4.69) is 12.0 Å². The van der Waals surface area contributed by atoms with E-state index < -0.39 is 11.8 Å². The zero-order valence-electron chi connectivity index (χ0n) is 20.6. The average molecular weight is 565 g/mol. The fourth-order valence-corrected chi connectivity index (χ4v) is 5.01. The normalized spacial score (nSPS) is 14.1. The number of carbonyl (C=O) groups excluding carboxylic acids is 2. The highest BCUT2D eigenvalue weighted by atomic mass is 35.5. The molecule has 6 nitrogen and oxygen atoms in total. The number of thioether (sulfide) groups is 1. The first kappa shape index (κ1) is 27.4. The lowest BCUT2D eigenvalue weighted by Crippen LogP contribution is -2.44. The van der Waals surface area contributed by atoms with Crippen molar-refractivity contribution in [2.75, 3.05) is 6.61 Å². The Morgan fingerprint density at radius 2 is 1.87 bits per heavy atom. The number of allylic oxidation sites excluding steroid dienone is 1. The van der Waals surface area contributed by atoms with Crippen LogP contribution >= 0.6 is 35.6 Å². The number of amides is 2. The Morgan fingerprint density at radius 3 is 2.55 bits per heavy atom. The van der Waals surface area contributed by atoms with Crippen LogP contribution in [0.25, 0.3) is 6.08 Å². The first-order valence-electron chi connectivity index (χ1n) is 11.8. The summed E-state index contributed by atoms with van der Waals surface area (Å²) in [4.78, 5) is 26.1. The zero-order valence-corrected chi connectivity index (χ0v) is 23.0. The summed E-state index contributed by atoms with van der Waals surface area (Å²) in [5.41, 5.74) is 5.58. The quantitative estimate of drug-likeness (QED) is 0.170. The highest BCUT2D eigenvalue weighted by Crippen LogP contribution is 2.37. The molecule has 1 aliphatic heterocycles. The van der Waals surface area contributed by atoms with Gasteiger partial charge in [-0.25, -0.2) is 0 Å². The molecule has 4 rings (SSSR count). The van der Waals surface area contributed by atoms with E-state index in [9.17, 15) is 9.59 Å². The van der Waals surface area contributed by atoms with E-state index in [1.165, 1.54) is 0 Å². The molecule has 0 atom stereocenters. The molecule has 0 spiro atoms. The standard InChI is InChI=1S/C29H25ClN2O4S2/c1-3-8-22-15-20(16-24(35-4-2)26(22)36-18-19-11-13-23(30)14-12-19)17-25-28(34)32(29(37)38-25)31-27(33)21-9-6-5-7-10-21/h3,5-7,9-17H,1,4,8,18H2,2H3,(H,31,33)/b25-17-. The molecule has 194 valence electrons. The molecule has 1 saturated heterocycles. The van der Waals surface area contributed by atoms with Crippen molar-refractivity contribution in [3.63, 3.8) is 0 Å². The number of ether oxygens (including phenoxy) is 2. The summed E-state index contributed by atoms with van der Waals surface area (Å²) < 4.78 is 12.3. The summed E-state index contributed by atoms with van der Waals surface area (Å²) in [6.07, 6.45) is 4.04. The average Bonchev–Trinajstić information content (AvgIpc) is 3.17. The number of nitrogens with zero attached hydrogens (tertiary/aromatic N) is 1. The number of halogens is 1. The van der Waals surface area contributed by atoms with Crippen LogP contribution in [0.4, 0.5) is 0 Å². The summed E-state index contributed by atoms with van der Waals surface area (Å²) in [7, 11) is 0. The van der Waals surface area contributed by atoms with E-state index in [1.54, 1.807) is 36.4 Å². The minimum absolute atomic E-state index is 0.241. The van der Waals surface area contributed by atoms with Crippen LogP contribution in [0.1, 0.15) is 34.0 Å². The number of rotatable bonds is 10. The van der Waals surface area contributed by atoms with Crippen molar-refractivity contribution in [3.05, 3.63) is 112 Å². The Morgan fingerprint density at radius 1 is 1.13 bits per heavy atom. The molecular weight excluding hydrogens is 540 g/mol. The van der Waals surface area contributed by atoms with Gasteiger partial charge in [-0.2, -0.15) is 5.01 Å². The molecule has 1 heterocycles. The third kappa shape index (κ3) is 6.64. The molecule has 1 aliphatic rings. The van der Waals surface area contributed by atoms with E-state index in [0.29, 0.717) is 46.6 Å². The summed E-state index contributed by atoms with van der Waals surface area (Å²) >= 11 is 12.5. The SMILES string of the molecule is C=CCc1cc(/C=C2\SC(=S)N(NC(=O)c3ccccc3)C2=O)cc(OCC)c1OCc1ccc(Cl)cc1. The van der Waals surface area contributed by atoms with Crippen molar-refractivity contribution in [3.8, 4) is 11.5 Å². The van der Waals surface area contributed by atoms with Crippen molar-refractivity contribution in [2.24, 2.45) is 0 Å². The largest absolute Gasteiger partial charge is 0.490 e. The zero-order chi connectivity index (χ0) is 27.1. The molecular formula is C29H25ClN2O4S2. The molecule has 9 heteroatoms. The molecule has 3 aromatic carbocycles. The van der Waals surface area contributed by atoms with Gasteiger partial charge in [-0.3, -0.25) is 15.0 Å². The van der Waals surface area contributed by atoms with Crippen LogP contribution in [0, 0.1) is 0 Å². The summed E-state index contributed by atoms with van der Waals surface area (Å²) in [5.74, 6) is 0.342. The summed E-state index contributed by atoms with van der Waals surface area (Å²) in [6.45, 7) is 6.53. The van der Waals surface area contributed by atoms with Gasteiger partial charge in [0.15, 0.2) is 15.8 Å². The van der Waals surface area contributed by atoms with E-state index in [1.807, 2.05) is 49.4 Å². The fourth-order valence-electron chi connectivity index (χ4n) is 3.71. The van der Waals surface area contributed by atoms with Crippen molar-refractivity contribution in [1.82, 2.24) is 10.4 Å². The highest BCUT2D eigenvalue weighted by Gasteiger charge is 2.34. The van der Waals surface area contributed by atoms with Crippen molar-refractivity contribution >= 4 is 57.8 Å². The van der Waals surface area contributed by atoms with Crippen LogP contribution in [0.15, 0.2) is 84.3 Å². The number of hydrazine groups is 1. The monoisotopic (exact) mass is 564 g/mol. The molecule has 1 N–H and O–H groups in total. The second-order valence-electron chi connectivity index (χ2n) is 8.17. The Balaban J connectivity index is 1.59. The van der Waals surface area contributed by atoms with Gasteiger partial charge in [0.25, 0.3) is 11.8 Å². The molecule has 0 saturated carbocycles. The molecule has 0 radical (unpaired) electrons. The summed E-state index contributed by atoms with van der Waals surface area (Å²) in [5, 5.41) is 1.75. The number of hydrogen-bond donors (Lipinski definition) is 1. The maximum absolute atomic E-state index is 13.1. The van der Waals surface area contributed by atoms with Gasteiger partial charge in [-0.15, -0.1) is 6.58 Å². The maximum Gasteiger partial charge on any atom is 0.285 e. The number of benzene rings is 3. The maximum atomic E-state index is 13.1. The first-order chi connectivity index (χ1) is 18.4.